The maximum Gasteiger partial charge on any atom is 0.267 e. The van der Waals surface area contributed by atoms with Gasteiger partial charge in [0.15, 0.2) is 0 Å². The van der Waals surface area contributed by atoms with Crippen LogP contribution >= 0.6 is 0 Å². The highest BCUT2D eigenvalue weighted by Gasteiger charge is 2.36. The van der Waals surface area contributed by atoms with Gasteiger partial charge in [-0.1, -0.05) is 30.3 Å². The molecule has 9 heteroatoms. The topological polar surface area (TPSA) is 141 Å². The molecule has 0 radical (unpaired) electrons. The Bertz CT molecular complexity index is 1070. The third-order valence-corrected chi connectivity index (χ3v) is 6.69. The number of nitrogens with zero attached hydrogens (tertiary/aromatic N) is 2. The molecule has 2 heterocycles. The Balaban J connectivity index is 1.33. The van der Waals surface area contributed by atoms with Crippen LogP contribution in [0.25, 0.3) is 0 Å². The Morgan fingerprint density at radius 3 is 2.68 bits per heavy atom. The Labute approximate surface area is 198 Å². The van der Waals surface area contributed by atoms with Crippen LogP contribution in [0.15, 0.2) is 48.8 Å². The summed E-state index contributed by atoms with van der Waals surface area (Å²) >= 11 is 0. The van der Waals surface area contributed by atoms with Crippen LogP contribution in [0.5, 0.6) is 0 Å². The first kappa shape index (κ1) is 23.4. The molecule has 4 rings (SSSR count). The summed E-state index contributed by atoms with van der Waals surface area (Å²) in [4.78, 5) is 43.0. The Kier molecular flexibility index (Phi) is 7.20. The first-order chi connectivity index (χ1) is 16.4. The zero-order chi connectivity index (χ0) is 24.1. The molecule has 178 valence electrons. The molecule has 34 heavy (non-hydrogen) atoms. The van der Waals surface area contributed by atoms with Gasteiger partial charge in [0.05, 0.1) is 18.4 Å². The first-order valence-corrected chi connectivity index (χ1v) is 11.7. The van der Waals surface area contributed by atoms with Gasteiger partial charge in [-0.3, -0.25) is 24.8 Å². The average molecular weight is 463 g/mol. The molecule has 9 nitrogen and oxygen atoms in total. The summed E-state index contributed by atoms with van der Waals surface area (Å²) in [5.74, 6) is -0.725. The highest BCUT2D eigenvalue weighted by molar-refractivity contribution is 6.44. The predicted molar refractivity (Wildman–Crippen MR) is 128 cm³/mol. The monoisotopic (exact) mass is 462 g/mol. The van der Waals surface area contributed by atoms with Gasteiger partial charge in [-0.2, -0.15) is 0 Å². The van der Waals surface area contributed by atoms with Crippen LogP contribution in [0.4, 0.5) is 5.69 Å². The van der Waals surface area contributed by atoms with Crippen molar-refractivity contribution < 1.29 is 14.4 Å². The Morgan fingerprint density at radius 1 is 1.12 bits per heavy atom. The van der Waals surface area contributed by atoms with E-state index < -0.39 is 11.9 Å². The number of nitrogens with two attached hydrogens (primary N) is 1. The Hall–Kier alpha value is -3.75. The third kappa shape index (κ3) is 5.24. The van der Waals surface area contributed by atoms with E-state index in [1.807, 2.05) is 18.2 Å². The molecule has 3 atom stereocenters. The van der Waals surface area contributed by atoms with E-state index in [4.69, 9.17) is 11.1 Å². The zero-order valence-corrected chi connectivity index (χ0v) is 19.0. The summed E-state index contributed by atoms with van der Waals surface area (Å²) in [6.45, 7) is 0.445. The van der Waals surface area contributed by atoms with Gasteiger partial charge < -0.3 is 21.3 Å². The van der Waals surface area contributed by atoms with Crippen molar-refractivity contribution in [2.75, 3.05) is 18.4 Å². The zero-order valence-electron chi connectivity index (χ0n) is 19.0. The molecule has 1 aromatic heterocycles. The number of carbonyl (C=O) groups excluding carboxylic acids is 3. The lowest BCUT2D eigenvalue weighted by Gasteiger charge is -2.26. The summed E-state index contributed by atoms with van der Waals surface area (Å²) in [5.41, 5.74) is 6.82. The van der Waals surface area contributed by atoms with E-state index in [9.17, 15) is 14.4 Å². The number of amides is 3. The highest BCUT2D eigenvalue weighted by Crippen LogP contribution is 2.34. The summed E-state index contributed by atoms with van der Waals surface area (Å²) < 4.78 is 0. The summed E-state index contributed by atoms with van der Waals surface area (Å²) in [7, 11) is 0. The van der Waals surface area contributed by atoms with Crippen LogP contribution in [0.1, 0.15) is 49.1 Å². The van der Waals surface area contributed by atoms with Crippen LogP contribution in [0.3, 0.4) is 0 Å². The fourth-order valence-corrected chi connectivity index (χ4v) is 4.93. The lowest BCUT2D eigenvalue weighted by molar-refractivity contribution is -0.137. The van der Waals surface area contributed by atoms with Crippen molar-refractivity contribution in [1.29, 1.82) is 5.41 Å². The number of primary amides is 1. The van der Waals surface area contributed by atoms with Crippen molar-refractivity contribution in [3.8, 4) is 0 Å². The first-order valence-electron chi connectivity index (χ1n) is 11.7. The number of likely N-dealkylation sites (tertiary alicyclic amines) is 1. The minimum atomic E-state index is -0.863. The molecule has 2 aromatic rings. The minimum absolute atomic E-state index is 0.0754. The maximum atomic E-state index is 13.0. The van der Waals surface area contributed by atoms with Gasteiger partial charge in [0.25, 0.3) is 5.91 Å². The van der Waals surface area contributed by atoms with E-state index in [0.717, 1.165) is 25.7 Å². The summed E-state index contributed by atoms with van der Waals surface area (Å²) in [6, 6.07) is 11.5. The quantitative estimate of drug-likeness (QED) is 0.443. The molecule has 0 bridgehead atoms. The summed E-state index contributed by atoms with van der Waals surface area (Å²) in [5, 5.41) is 14.0. The number of carbonyl (C=O) groups is 3. The van der Waals surface area contributed by atoms with Gasteiger partial charge in [0.1, 0.15) is 11.8 Å². The molecule has 1 unspecified atom stereocenters. The van der Waals surface area contributed by atoms with E-state index in [1.54, 1.807) is 4.90 Å². The van der Waals surface area contributed by atoms with Gasteiger partial charge >= 0.3 is 0 Å². The van der Waals surface area contributed by atoms with Crippen LogP contribution in [0.2, 0.25) is 0 Å². The molecule has 1 saturated carbocycles. The molecule has 1 aliphatic heterocycles. The maximum absolute atomic E-state index is 13.0. The van der Waals surface area contributed by atoms with Crippen molar-refractivity contribution in [1.82, 2.24) is 15.2 Å². The van der Waals surface area contributed by atoms with Crippen LogP contribution in [-0.2, 0) is 14.4 Å². The van der Waals surface area contributed by atoms with Gasteiger partial charge in [0.2, 0.25) is 11.8 Å². The third-order valence-electron chi connectivity index (χ3n) is 6.69. The van der Waals surface area contributed by atoms with Crippen molar-refractivity contribution in [3.05, 3.63) is 59.9 Å². The van der Waals surface area contributed by atoms with Crippen molar-refractivity contribution in [3.63, 3.8) is 0 Å². The normalized spacial score (nSPS) is 21.8. The second-order valence-corrected chi connectivity index (χ2v) is 8.89. The van der Waals surface area contributed by atoms with E-state index in [-0.39, 0.29) is 35.7 Å². The molecule has 3 amide bonds. The number of benzene rings is 1. The molecule has 0 spiro atoms. The van der Waals surface area contributed by atoms with Gasteiger partial charge in [0, 0.05) is 24.3 Å². The fourth-order valence-electron chi connectivity index (χ4n) is 4.93. The van der Waals surface area contributed by atoms with E-state index >= 15 is 0 Å². The second-order valence-electron chi connectivity index (χ2n) is 8.89. The molecule has 1 aromatic carbocycles. The molecule has 5 N–H and O–H groups in total. The van der Waals surface area contributed by atoms with Crippen LogP contribution in [0, 0.1) is 5.41 Å². The van der Waals surface area contributed by atoms with Crippen molar-refractivity contribution in [2.45, 2.75) is 50.1 Å². The lowest BCUT2D eigenvalue weighted by Crippen LogP contribution is -2.49. The highest BCUT2D eigenvalue weighted by atomic mass is 16.2. The van der Waals surface area contributed by atoms with Gasteiger partial charge in [-0.15, -0.1) is 0 Å². The SMILES string of the molecule is N=C(C(N)=O)c1ccncc1NCC(=O)N1CCC[C@H]1C(=O)NC1CC[C@H](c2ccccc2)C1. The molecule has 1 aliphatic carbocycles. The van der Waals surface area contributed by atoms with Crippen LogP contribution in [-0.4, -0.2) is 58.5 Å². The number of hydrogen-bond acceptors (Lipinski definition) is 6. The number of nitrogens with one attached hydrogen (secondary N) is 3. The summed E-state index contributed by atoms with van der Waals surface area (Å²) in [6.07, 6.45) is 7.18. The number of rotatable bonds is 8. The number of anilines is 1. The van der Waals surface area contributed by atoms with Gasteiger partial charge in [-0.25, -0.2) is 0 Å². The molecule has 2 aliphatic rings. The molecule has 1 saturated heterocycles. The predicted octanol–water partition coefficient (Wildman–Crippen LogP) is 1.79. The smallest absolute Gasteiger partial charge is 0.267 e. The van der Waals surface area contributed by atoms with Crippen LogP contribution < -0.4 is 16.4 Å². The standard InChI is InChI=1S/C25H30N6O3/c26-23(24(27)33)19-10-11-28-14-20(19)29-15-22(32)31-12-4-7-21(31)25(34)30-18-9-8-17(13-18)16-5-2-1-3-6-16/h1-3,5-6,10-11,14,17-18,21,26,29H,4,7-9,12-13,15H2,(H2,27,33)(H,30,34)/t17-,18?,21-/m0/s1. The number of hydrogen-bond donors (Lipinski definition) is 4. The van der Waals surface area contributed by atoms with E-state index in [0.29, 0.717) is 24.6 Å². The van der Waals surface area contributed by atoms with Crippen molar-refractivity contribution in [2.24, 2.45) is 5.73 Å². The number of aromatic nitrogens is 1. The van der Waals surface area contributed by atoms with Crippen molar-refractivity contribution >= 4 is 29.1 Å². The molecule has 2 fully saturated rings. The largest absolute Gasteiger partial charge is 0.374 e. The number of pyridine rings is 1. The Morgan fingerprint density at radius 2 is 1.91 bits per heavy atom. The lowest BCUT2D eigenvalue weighted by atomic mass is 9.97. The average Bonchev–Trinajstić information content (AvgIpc) is 3.53. The minimum Gasteiger partial charge on any atom is -0.374 e. The van der Waals surface area contributed by atoms with E-state index in [2.05, 4.69) is 27.8 Å². The molecular weight excluding hydrogens is 432 g/mol. The second kappa shape index (κ2) is 10.5. The molecular formula is C25H30N6O3. The fraction of sp³-hybridized carbons (Fsp3) is 0.400. The van der Waals surface area contributed by atoms with E-state index in [1.165, 1.54) is 24.0 Å². The van der Waals surface area contributed by atoms with Gasteiger partial charge in [-0.05, 0) is 49.7 Å².